The standard InChI is InChI=1S/C26H31FN6O4/c1-25(36)6-9-31(14-25)21-12-18(4-5-20(21)27)33-22-19(13-29-33)24(35)32(16-28-22)15-26(37)7-10-30(11-8-26)23(34)17-2-3-17/h4-5,12-13,16-17,36-37H,2-3,6-11,14-15H2,1H3. The molecule has 0 radical (unpaired) electrons. The number of benzene rings is 1. The molecule has 1 amide bonds. The zero-order valence-corrected chi connectivity index (χ0v) is 20.8. The number of carbonyl (C=O) groups excluding carboxylic acids is 1. The number of β-amino-alcohol motifs (C(OH)–C–C–N with tert-alkyl or cyclic N) is 1. The summed E-state index contributed by atoms with van der Waals surface area (Å²) < 4.78 is 17.5. The van der Waals surface area contributed by atoms with Crippen LogP contribution in [0.5, 0.6) is 0 Å². The lowest BCUT2D eigenvalue weighted by Crippen LogP contribution is -2.50. The lowest BCUT2D eigenvalue weighted by Gasteiger charge is -2.38. The fraction of sp³-hybridized carbons (Fsp3) is 0.538. The van der Waals surface area contributed by atoms with E-state index in [-0.39, 0.29) is 23.9 Å². The van der Waals surface area contributed by atoms with Crippen molar-refractivity contribution in [2.24, 2.45) is 5.92 Å². The first-order chi connectivity index (χ1) is 17.6. The number of piperidine rings is 1. The number of carbonyl (C=O) groups is 1. The normalized spacial score (nSPS) is 23.7. The largest absolute Gasteiger partial charge is 0.388 e. The third-order valence-corrected chi connectivity index (χ3v) is 7.92. The van der Waals surface area contributed by atoms with Gasteiger partial charge in [0.1, 0.15) is 17.5 Å². The summed E-state index contributed by atoms with van der Waals surface area (Å²) in [7, 11) is 0. The second-order valence-corrected chi connectivity index (χ2v) is 11.1. The molecule has 0 bridgehead atoms. The van der Waals surface area contributed by atoms with Crippen molar-refractivity contribution < 1.29 is 19.4 Å². The molecule has 2 N–H and O–H groups in total. The average Bonchev–Trinajstić information content (AvgIpc) is 3.53. The van der Waals surface area contributed by atoms with Gasteiger partial charge in [-0.3, -0.25) is 14.2 Å². The number of likely N-dealkylation sites (tertiary alicyclic amines) is 1. The van der Waals surface area contributed by atoms with Crippen molar-refractivity contribution in [1.82, 2.24) is 24.2 Å². The van der Waals surface area contributed by atoms with Crippen LogP contribution >= 0.6 is 0 Å². The first kappa shape index (κ1) is 24.1. The number of amides is 1. The van der Waals surface area contributed by atoms with Crippen molar-refractivity contribution in [2.75, 3.05) is 31.1 Å². The number of fused-ring (bicyclic) bond motifs is 1. The molecule has 2 aliphatic heterocycles. The molecule has 3 aromatic rings. The van der Waals surface area contributed by atoms with Crippen LogP contribution in [0.4, 0.5) is 10.1 Å². The number of halogens is 1. The minimum Gasteiger partial charge on any atom is -0.388 e. The highest BCUT2D eigenvalue weighted by Gasteiger charge is 2.39. The summed E-state index contributed by atoms with van der Waals surface area (Å²) in [4.78, 5) is 33.7. The monoisotopic (exact) mass is 510 g/mol. The Balaban J connectivity index is 1.23. The highest BCUT2D eigenvalue weighted by Crippen LogP contribution is 2.34. The molecule has 1 saturated carbocycles. The van der Waals surface area contributed by atoms with Crippen LogP contribution in [0, 0.1) is 11.7 Å². The third-order valence-electron chi connectivity index (χ3n) is 7.92. The van der Waals surface area contributed by atoms with Gasteiger partial charge >= 0.3 is 0 Å². The molecule has 37 heavy (non-hydrogen) atoms. The maximum atomic E-state index is 14.6. The smallest absolute Gasteiger partial charge is 0.264 e. The minimum atomic E-state index is -1.10. The highest BCUT2D eigenvalue weighted by atomic mass is 19.1. The number of rotatable bonds is 5. The zero-order chi connectivity index (χ0) is 25.9. The molecular formula is C26H31FN6O4. The molecule has 2 aromatic heterocycles. The van der Waals surface area contributed by atoms with E-state index in [2.05, 4.69) is 10.1 Å². The zero-order valence-electron chi connectivity index (χ0n) is 20.8. The van der Waals surface area contributed by atoms with E-state index in [9.17, 15) is 24.2 Å². The topological polar surface area (TPSA) is 117 Å². The lowest BCUT2D eigenvalue weighted by molar-refractivity contribution is -0.137. The molecule has 3 aliphatic rings. The summed E-state index contributed by atoms with van der Waals surface area (Å²) in [6.07, 6.45) is 6.09. The van der Waals surface area contributed by atoms with Crippen molar-refractivity contribution in [3.8, 4) is 5.69 Å². The van der Waals surface area contributed by atoms with Gasteiger partial charge in [-0.05, 0) is 57.2 Å². The van der Waals surface area contributed by atoms with Gasteiger partial charge in [0.15, 0.2) is 5.65 Å². The van der Waals surface area contributed by atoms with E-state index in [0.29, 0.717) is 67.8 Å². The van der Waals surface area contributed by atoms with Crippen molar-refractivity contribution in [1.29, 1.82) is 0 Å². The van der Waals surface area contributed by atoms with E-state index in [4.69, 9.17) is 0 Å². The van der Waals surface area contributed by atoms with E-state index in [0.717, 1.165) is 12.8 Å². The van der Waals surface area contributed by atoms with Gasteiger partial charge in [-0.1, -0.05) is 0 Å². The second kappa shape index (κ2) is 8.63. The molecule has 4 heterocycles. The molecule has 1 atom stereocenters. The van der Waals surface area contributed by atoms with Crippen LogP contribution in [0.2, 0.25) is 0 Å². The van der Waals surface area contributed by atoms with Crippen molar-refractivity contribution >= 4 is 22.6 Å². The minimum absolute atomic E-state index is 0.0843. The van der Waals surface area contributed by atoms with Gasteiger partial charge in [-0.15, -0.1) is 0 Å². The number of aromatic nitrogens is 4. The molecule has 196 valence electrons. The van der Waals surface area contributed by atoms with Gasteiger partial charge in [0.2, 0.25) is 5.91 Å². The summed E-state index contributed by atoms with van der Waals surface area (Å²) in [5.74, 6) is -0.0699. The molecule has 0 spiro atoms. The van der Waals surface area contributed by atoms with Gasteiger partial charge in [-0.2, -0.15) is 5.10 Å². The van der Waals surface area contributed by atoms with Crippen molar-refractivity contribution in [2.45, 2.75) is 56.8 Å². The lowest BCUT2D eigenvalue weighted by atomic mass is 9.91. The number of hydrogen-bond acceptors (Lipinski definition) is 7. The van der Waals surface area contributed by atoms with Crippen LogP contribution in [0.3, 0.4) is 0 Å². The molecule has 2 saturated heterocycles. The van der Waals surface area contributed by atoms with E-state index >= 15 is 0 Å². The summed E-state index contributed by atoms with van der Waals surface area (Å²) in [5, 5.41) is 26.1. The van der Waals surface area contributed by atoms with Gasteiger partial charge in [0, 0.05) is 32.1 Å². The molecule has 1 aliphatic carbocycles. The fourth-order valence-corrected chi connectivity index (χ4v) is 5.48. The highest BCUT2D eigenvalue weighted by molar-refractivity contribution is 5.81. The Labute approximate surface area is 212 Å². The quantitative estimate of drug-likeness (QED) is 0.534. The molecule has 11 heteroatoms. The SMILES string of the molecule is CC1(O)CCN(c2cc(-n3ncc4c(=O)n(CC5(O)CCN(C(=O)C6CC6)CC5)cnc43)ccc2F)C1. The molecule has 10 nitrogen and oxygen atoms in total. The Bertz CT molecular complexity index is 1420. The van der Waals surface area contributed by atoms with Gasteiger partial charge in [0.25, 0.3) is 5.56 Å². The molecule has 3 fully saturated rings. The maximum absolute atomic E-state index is 14.6. The van der Waals surface area contributed by atoms with E-state index in [1.165, 1.54) is 27.8 Å². The first-order valence-corrected chi connectivity index (χ1v) is 12.8. The van der Waals surface area contributed by atoms with Crippen LogP contribution < -0.4 is 10.5 Å². The molecule has 1 unspecified atom stereocenters. The maximum Gasteiger partial charge on any atom is 0.264 e. The molecule has 1 aromatic carbocycles. The number of hydrogen-bond donors (Lipinski definition) is 2. The predicted molar refractivity (Wildman–Crippen MR) is 134 cm³/mol. The van der Waals surface area contributed by atoms with Gasteiger partial charge in [-0.25, -0.2) is 14.1 Å². The van der Waals surface area contributed by atoms with E-state index < -0.39 is 17.0 Å². The van der Waals surface area contributed by atoms with Crippen LogP contribution in [-0.2, 0) is 11.3 Å². The number of aliphatic hydroxyl groups is 2. The van der Waals surface area contributed by atoms with E-state index in [1.807, 2.05) is 4.90 Å². The van der Waals surface area contributed by atoms with Crippen LogP contribution in [0.15, 0.2) is 35.5 Å². The Morgan fingerprint density at radius 3 is 2.59 bits per heavy atom. The van der Waals surface area contributed by atoms with Crippen molar-refractivity contribution in [3.05, 3.63) is 46.9 Å². The predicted octanol–water partition coefficient (Wildman–Crippen LogP) is 1.45. The number of nitrogens with zero attached hydrogens (tertiary/aromatic N) is 6. The summed E-state index contributed by atoms with van der Waals surface area (Å²) >= 11 is 0. The summed E-state index contributed by atoms with van der Waals surface area (Å²) in [6.45, 7) is 3.64. The van der Waals surface area contributed by atoms with E-state index in [1.54, 1.807) is 24.0 Å². The van der Waals surface area contributed by atoms with Crippen molar-refractivity contribution in [3.63, 3.8) is 0 Å². The second-order valence-electron chi connectivity index (χ2n) is 11.1. The number of anilines is 1. The average molecular weight is 511 g/mol. The summed E-state index contributed by atoms with van der Waals surface area (Å²) in [5.41, 5.74) is -1.04. The van der Waals surface area contributed by atoms with Gasteiger partial charge < -0.3 is 20.0 Å². The molecular weight excluding hydrogens is 479 g/mol. The fourth-order valence-electron chi connectivity index (χ4n) is 5.48. The Kier molecular flexibility index (Phi) is 5.61. The van der Waals surface area contributed by atoms with Gasteiger partial charge in [0.05, 0.1) is 35.3 Å². The summed E-state index contributed by atoms with van der Waals surface area (Å²) in [6, 6.07) is 4.57. The molecule has 6 rings (SSSR count). The Morgan fingerprint density at radius 2 is 1.92 bits per heavy atom. The van der Waals surface area contributed by atoms with Crippen LogP contribution in [0.25, 0.3) is 16.7 Å². The third kappa shape index (κ3) is 4.50. The van der Waals surface area contributed by atoms with Crippen LogP contribution in [0.1, 0.15) is 39.0 Å². The Hall–Kier alpha value is -3.31. The first-order valence-electron chi connectivity index (χ1n) is 12.8. The van der Waals surface area contributed by atoms with Crippen LogP contribution in [-0.4, -0.2) is 77.7 Å². The Morgan fingerprint density at radius 1 is 1.16 bits per heavy atom.